The number of aromatic carboxylic acids is 1. The number of furan rings is 1. The Bertz CT molecular complexity index is 1420. The SMILES string of the molecule is CC(=O)N1c2ccc(-c3ccc(-c4cc(C(=O)O)[nH]n4)cc3)cc2N(C(=O)c2ccco2)CC1C. The third-order valence-corrected chi connectivity index (χ3v) is 6.05. The number of carbonyl (C=O) groups excluding carboxylic acids is 2. The smallest absolute Gasteiger partial charge is 0.353 e. The lowest BCUT2D eigenvalue weighted by Gasteiger charge is -2.40. The number of carbonyl (C=O) groups is 3. The Morgan fingerprint density at radius 1 is 1.00 bits per heavy atom. The van der Waals surface area contributed by atoms with Gasteiger partial charge in [0.25, 0.3) is 5.91 Å². The van der Waals surface area contributed by atoms with E-state index in [0.29, 0.717) is 23.6 Å². The van der Waals surface area contributed by atoms with Gasteiger partial charge in [-0.05, 0) is 48.4 Å². The first kappa shape index (κ1) is 22.1. The summed E-state index contributed by atoms with van der Waals surface area (Å²) in [6.07, 6.45) is 1.46. The predicted molar refractivity (Wildman–Crippen MR) is 129 cm³/mol. The summed E-state index contributed by atoms with van der Waals surface area (Å²) in [5, 5.41) is 15.7. The molecular weight excluding hydrogens is 448 g/mol. The molecule has 5 rings (SSSR count). The summed E-state index contributed by atoms with van der Waals surface area (Å²) in [7, 11) is 0. The Kier molecular flexibility index (Phi) is 5.44. The zero-order valence-corrected chi connectivity index (χ0v) is 19.1. The fourth-order valence-corrected chi connectivity index (χ4v) is 4.42. The zero-order valence-electron chi connectivity index (χ0n) is 19.1. The van der Waals surface area contributed by atoms with Crippen molar-refractivity contribution in [2.24, 2.45) is 0 Å². The van der Waals surface area contributed by atoms with Gasteiger partial charge in [-0.25, -0.2) is 4.79 Å². The second-order valence-electron chi connectivity index (χ2n) is 8.38. The number of amides is 2. The molecule has 35 heavy (non-hydrogen) atoms. The summed E-state index contributed by atoms with van der Waals surface area (Å²) in [5.41, 5.74) is 4.35. The first-order valence-electron chi connectivity index (χ1n) is 11.0. The molecular formula is C26H22N4O5. The van der Waals surface area contributed by atoms with Crippen molar-refractivity contribution in [1.82, 2.24) is 10.2 Å². The van der Waals surface area contributed by atoms with Crippen LogP contribution in [-0.2, 0) is 4.79 Å². The number of anilines is 2. The van der Waals surface area contributed by atoms with Gasteiger partial charge in [-0.1, -0.05) is 30.3 Å². The van der Waals surface area contributed by atoms with Crippen LogP contribution in [0, 0.1) is 0 Å². The van der Waals surface area contributed by atoms with Crippen molar-refractivity contribution in [2.45, 2.75) is 19.9 Å². The topological polar surface area (TPSA) is 120 Å². The number of fused-ring (bicyclic) bond motifs is 1. The van der Waals surface area contributed by atoms with Crippen molar-refractivity contribution in [3.05, 3.63) is 78.4 Å². The molecule has 2 aromatic heterocycles. The number of nitrogens with one attached hydrogen (secondary N) is 1. The van der Waals surface area contributed by atoms with Gasteiger partial charge in [0.15, 0.2) is 5.76 Å². The van der Waals surface area contributed by atoms with Gasteiger partial charge in [-0.3, -0.25) is 14.7 Å². The molecule has 0 fully saturated rings. The van der Waals surface area contributed by atoms with Crippen LogP contribution in [0.1, 0.15) is 34.9 Å². The van der Waals surface area contributed by atoms with Gasteiger partial charge in [0.05, 0.1) is 29.4 Å². The summed E-state index contributed by atoms with van der Waals surface area (Å²) in [5.74, 6) is -1.21. The molecule has 176 valence electrons. The number of rotatable bonds is 4. The normalized spacial score (nSPS) is 15.1. The molecule has 3 heterocycles. The fraction of sp³-hybridized carbons (Fsp3) is 0.154. The van der Waals surface area contributed by atoms with Crippen molar-refractivity contribution in [3.63, 3.8) is 0 Å². The summed E-state index contributed by atoms with van der Waals surface area (Å²) >= 11 is 0. The quantitative estimate of drug-likeness (QED) is 0.455. The lowest BCUT2D eigenvalue weighted by molar-refractivity contribution is -0.117. The molecule has 2 aromatic carbocycles. The number of carboxylic acid groups (broad SMARTS) is 1. The van der Waals surface area contributed by atoms with Crippen LogP contribution in [-0.4, -0.2) is 45.7 Å². The molecule has 1 unspecified atom stereocenters. The van der Waals surface area contributed by atoms with Crippen molar-refractivity contribution in [3.8, 4) is 22.4 Å². The number of H-pyrrole nitrogens is 1. The average Bonchev–Trinajstić information content (AvgIpc) is 3.55. The highest BCUT2D eigenvalue weighted by Gasteiger charge is 2.35. The second-order valence-corrected chi connectivity index (χ2v) is 8.38. The predicted octanol–water partition coefficient (Wildman–Crippen LogP) is 4.44. The largest absolute Gasteiger partial charge is 0.477 e. The molecule has 0 bridgehead atoms. The van der Waals surface area contributed by atoms with Crippen molar-refractivity contribution in [1.29, 1.82) is 0 Å². The molecule has 9 heteroatoms. The summed E-state index contributed by atoms with van der Waals surface area (Å²) in [6.45, 7) is 3.76. The number of hydrogen-bond acceptors (Lipinski definition) is 5. The molecule has 2 N–H and O–H groups in total. The van der Waals surface area contributed by atoms with Gasteiger partial charge in [0, 0.05) is 19.0 Å². The number of hydrogen-bond donors (Lipinski definition) is 2. The van der Waals surface area contributed by atoms with Gasteiger partial charge >= 0.3 is 5.97 Å². The molecule has 9 nitrogen and oxygen atoms in total. The highest BCUT2D eigenvalue weighted by atomic mass is 16.4. The molecule has 1 aliphatic rings. The van der Waals surface area contributed by atoms with Crippen molar-refractivity contribution in [2.75, 3.05) is 16.3 Å². The molecule has 1 atom stereocenters. The number of carboxylic acids is 1. The Morgan fingerprint density at radius 2 is 1.71 bits per heavy atom. The first-order chi connectivity index (χ1) is 16.8. The van der Waals surface area contributed by atoms with E-state index in [9.17, 15) is 14.4 Å². The summed E-state index contributed by atoms with van der Waals surface area (Å²) in [6, 6.07) is 17.7. The van der Waals surface area contributed by atoms with E-state index in [1.807, 2.05) is 49.4 Å². The van der Waals surface area contributed by atoms with E-state index in [1.54, 1.807) is 21.9 Å². The monoisotopic (exact) mass is 470 g/mol. The lowest BCUT2D eigenvalue weighted by Crippen LogP contribution is -2.51. The molecule has 2 amide bonds. The van der Waals surface area contributed by atoms with Crippen molar-refractivity contribution >= 4 is 29.2 Å². The van der Waals surface area contributed by atoms with E-state index in [1.165, 1.54) is 19.3 Å². The van der Waals surface area contributed by atoms with E-state index < -0.39 is 5.97 Å². The van der Waals surface area contributed by atoms with Crippen LogP contribution in [0.25, 0.3) is 22.4 Å². The minimum Gasteiger partial charge on any atom is -0.477 e. The third kappa shape index (κ3) is 3.97. The number of benzene rings is 2. The summed E-state index contributed by atoms with van der Waals surface area (Å²) < 4.78 is 5.34. The molecule has 4 aromatic rings. The Balaban J connectivity index is 1.53. The number of aromatic amines is 1. The maximum absolute atomic E-state index is 13.2. The molecule has 0 aliphatic carbocycles. The van der Waals surface area contributed by atoms with Crippen LogP contribution in [0.15, 0.2) is 71.3 Å². The van der Waals surface area contributed by atoms with Gasteiger partial charge in [-0.2, -0.15) is 5.10 Å². The molecule has 1 aliphatic heterocycles. The van der Waals surface area contributed by atoms with E-state index in [4.69, 9.17) is 9.52 Å². The minimum absolute atomic E-state index is 0.0179. The molecule has 0 radical (unpaired) electrons. The maximum atomic E-state index is 13.2. The third-order valence-electron chi connectivity index (χ3n) is 6.05. The van der Waals surface area contributed by atoms with Gasteiger partial charge < -0.3 is 19.3 Å². The van der Waals surface area contributed by atoms with Crippen LogP contribution < -0.4 is 9.80 Å². The molecule has 0 saturated carbocycles. The standard InChI is InChI=1S/C26H22N4O5/c1-15-14-29(25(32)24-4-3-11-35-24)23-12-19(9-10-22(23)30(15)16(2)31)17-5-7-18(8-6-17)20-13-21(26(33)34)28-27-20/h3-13,15H,14H2,1-2H3,(H,27,28)(H,33,34). The minimum atomic E-state index is -1.07. The van der Waals surface area contributed by atoms with Gasteiger partial charge in [-0.15, -0.1) is 0 Å². The second kappa shape index (κ2) is 8.60. The van der Waals surface area contributed by atoms with Crippen molar-refractivity contribution < 1.29 is 23.9 Å². The number of aromatic nitrogens is 2. The lowest BCUT2D eigenvalue weighted by atomic mass is 9.99. The Hall–Kier alpha value is -4.66. The molecule has 0 spiro atoms. The summed E-state index contributed by atoms with van der Waals surface area (Å²) in [4.78, 5) is 40.1. The molecule has 0 saturated heterocycles. The Labute approximate surface area is 200 Å². The maximum Gasteiger partial charge on any atom is 0.353 e. The van der Waals surface area contributed by atoms with Gasteiger partial charge in [0.1, 0.15) is 5.69 Å². The van der Waals surface area contributed by atoms with E-state index >= 15 is 0 Å². The Morgan fingerprint density at radius 3 is 2.34 bits per heavy atom. The highest BCUT2D eigenvalue weighted by Crippen LogP contribution is 2.39. The van der Waals surface area contributed by atoms with Gasteiger partial charge in [0.2, 0.25) is 5.91 Å². The van der Waals surface area contributed by atoms with Crippen LogP contribution in [0.3, 0.4) is 0 Å². The van der Waals surface area contributed by atoms with Crippen LogP contribution >= 0.6 is 0 Å². The average molecular weight is 470 g/mol. The van der Waals surface area contributed by atoms with Crippen LogP contribution in [0.5, 0.6) is 0 Å². The van der Waals surface area contributed by atoms with E-state index in [2.05, 4.69) is 10.2 Å². The first-order valence-corrected chi connectivity index (χ1v) is 11.0. The van der Waals surface area contributed by atoms with Crippen LogP contribution in [0.2, 0.25) is 0 Å². The highest BCUT2D eigenvalue weighted by molar-refractivity contribution is 6.10. The number of nitrogens with zero attached hydrogens (tertiary/aromatic N) is 3. The van der Waals surface area contributed by atoms with Crippen LogP contribution in [0.4, 0.5) is 11.4 Å². The van der Waals surface area contributed by atoms with E-state index in [0.717, 1.165) is 16.7 Å². The fourth-order valence-electron chi connectivity index (χ4n) is 4.42. The zero-order chi connectivity index (χ0) is 24.7. The van der Waals surface area contributed by atoms with E-state index in [-0.39, 0.29) is 29.3 Å².